The summed E-state index contributed by atoms with van der Waals surface area (Å²) in [5.41, 5.74) is 6.49. The molecule has 0 saturated carbocycles. The zero-order valence-electron chi connectivity index (χ0n) is 12.0. The number of nitrogens with zero attached hydrogens (tertiary/aromatic N) is 1. The average molecular weight is 292 g/mol. The minimum atomic E-state index is -0.624. The highest BCUT2D eigenvalue weighted by molar-refractivity contribution is 5.95. The lowest BCUT2D eigenvalue weighted by Gasteiger charge is -2.22. The van der Waals surface area contributed by atoms with Gasteiger partial charge in [-0.25, -0.2) is 0 Å². The molecule has 2 rings (SSSR count). The molecule has 0 radical (unpaired) electrons. The van der Waals surface area contributed by atoms with E-state index in [4.69, 9.17) is 10.5 Å². The van der Waals surface area contributed by atoms with Gasteiger partial charge in [-0.1, -0.05) is 6.07 Å². The van der Waals surface area contributed by atoms with Crippen molar-refractivity contribution in [2.75, 3.05) is 18.1 Å². The summed E-state index contributed by atoms with van der Waals surface area (Å²) in [4.78, 5) is 24.6. The molecule has 0 saturated heterocycles. The molecule has 3 N–H and O–H groups in total. The number of anilines is 1. The number of aliphatic hydroxyl groups is 1. The van der Waals surface area contributed by atoms with Crippen LogP contribution in [0.3, 0.4) is 0 Å². The van der Waals surface area contributed by atoms with Gasteiger partial charge in [0.25, 0.3) is 0 Å². The molecule has 1 atom stereocenters. The topological polar surface area (TPSA) is 92.9 Å². The molecule has 1 heterocycles. The molecular formula is C15H20N2O4. The summed E-state index contributed by atoms with van der Waals surface area (Å²) in [5.74, 6) is 0.178. The number of benzene rings is 1. The van der Waals surface area contributed by atoms with Gasteiger partial charge in [-0.3, -0.25) is 9.59 Å². The number of hydrogen-bond acceptors (Lipinski definition) is 4. The molecule has 1 unspecified atom stereocenters. The summed E-state index contributed by atoms with van der Waals surface area (Å²) < 4.78 is 5.58. The lowest BCUT2D eigenvalue weighted by atomic mass is 10.1. The molecule has 0 aliphatic carbocycles. The number of nitrogens with two attached hydrogens (primary N) is 1. The summed E-state index contributed by atoms with van der Waals surface area (Å²) in [7, 11) is 0. The van der Waals surface area contributed by atoms with E-state index in [2.05, 4.69) is 0 Å². The zero-order chi connectivity index (χ0) is 15.4. The Bertz CT molecular complexity index is 542. The lowest BCUT2D eigenvalue weighted by Crippen LogP contribution is -2.32. The van der Waals surface area contributed by atoms with Crippen molar-refractivity contribution in [1.82, 2.24) is 0 Å². The van der Waals surface area contributed by atoms with Crippen molar-refractivity contribution < 1.29 is 19.4 Å². The maximum absolute atomic E-state index is 12.2. The first kappa shape index (κ1) is 15.3. The first-order valence-corrected chi connectivity index (χ1v) is 7.02. The number of hydrogen-bond donors (Lipinski definition) is 2. The summed E-state index contributed by atoms with van der Waals surface area (Å²) in [6, 6.07) is 5.30. The van der Waals surface area contributed by atoms with E-state index < -0.39 is 6.10 Å². The average Bonchev–Trinajstić information content (AvgIpc) is 2.57. The van der Waals surface area contributed by atoms with Crippen molar-refractivity contribution in [2.24, 2.45) is 5.73 Å². The third kappa shape index (κ3) is 3.72. The molecule has 21 heavy (non-hydrogen) atoms. The first-order chi connectivity index (χ1) is 9.99. The number of ether oxygens (including phenoxy) is 1. The molecule has 0 aromatic heterocycles. The molecule has 0 fully saturated rings. The van der Waals surface area contributed by atoms with Gasteiger partial charge in [0.15, 0.2) is 0 Å². The van der Waals surface area contributed by atoms with E-state index in [1.54, 1.807) is 30.0 Å². The second-order valence-corrected chi connectivity index (χ2v) is 5.12. The Morgan fingerprint density at radius 3 is 2.95 bits per heavy atom. The van der Waals surface area contributed by atoms with E-state index in [9.17, 15) is 14.7 Å². The Morgan fingerprint density at radius 2 is 2.29 bits per heavy atom. The molecule has 0 bridgehead atoms. The van der Waals surface area contributed by atoms with Crippen LogP contribution in [0.4, 0.5) is 5.69 Å². The molecule has 6 heteroatoms. The molecule has 0 spiro atoms. The largest absolute Gasteiger partial charge is 0.491 e. The predicted octanol–water partition coefficient (Wildman–Crippen LogP) is 1.12. The molecule has 114 valence electrons. The highest BCUT2D eigenvalue weighted by Gasteiger charge is 2.23. The van der Waals surface area contributed by atoms with Gasteiger partial charge in [0.05, 0.1) is 24.8 Å². The number of aliphatic hydroxyl groups excluding tert-OH is 1. The van der Waals surface area contributed by atoms with E-state index in [0.717, 1.165) is 0 Å². The summed E-state index contributed by atoms with van der Waals surface area (Å²) in [6.45, 7) is 2.39. The van der Waals surface area contributed by atoms with Gasteiger partial charge in [0.2, 0.25) is 11.8 Å². The van der Waals surface area contributed by atoms with E-state index in [1.807, 2.05) is 0 Å². The Morgan fingerprint density at radius 1 is 1.52 bits per heavy atom. The summed E-state index contributed by atoms with van der Waals surface area (Å²) in [5, 5.41) is 9.69. The zero-order valence-corrected chi connectivity index (χ0v) is 12.0. The Labute approximate surface area is 123 Å². The maximum Gasteiger partial charge on any atom is 0.230 e. The van der Waals surface area contributed by atoms with E-state index in [-0.39, 0.29) is 24.7 Å². The Hall–Kier alpha value is -2.08. The normalized spacial score (nSPS) is 15.9. The predicted molar refractivity (Wildman–Crippen MR) is 78.0 cm³/mol. The summed E-state index contributed by atoms with van der Waals surface area (Å²) >= 11 is 0. The van der Waals surface area contributed by atoms with Gasteiger partial charge >= 0.3 is 0 Å². The van der Waals surface area contributed by atoms with Crippen LogP contribution in [0.15, 0.2) is 18.2 Å². The molecule has 6 nitrogen and oxygen atoms in total. The van der Waals surface area contributed by atoms with Crippen molar-refractivity contribution in [3.8, 4) is 5.75 Å². The Balaban J connectivity index is 2.27. The molecular weight excluding hydrogens is 272 g/mol. The smallest absolute Gasteiger partial charge is 0.230 e. The third-order valence-corrected chi connectivity index (χ3v) is 3.44. The van der Waals surface area contributed by atoms with Crippen molar-refractivity contribution in [2.45, 2.75) is 32.3 Å². The third-order valence-electron chi connectivity index (χ3n) is 3.44. The number of carbonyl (C=O) groups excluding carboxylic acids is 2. The van der Waals surface area contributed by atoms with Gasteiger partial charge in [-0.2, -0.15) is 0 Å². The van der Waals surface area contributed by atoms with Crippen LogP contribution in [-0.4, -0.2) is 30.1 Å². The second kappa shape index (κ2) is 6.58. The summed E-state index contributed by atoms with van der Waals surface area (Å²) in [6.07, 6.45) is 0.395. The van der Waals surface area contributed by atoms with Crippen LogP contribution < -0.4 is 15.4 Å². The monoisotopic (exact) mass is 292 g/mol. The van der Waals surface area contributed by atoms with Crippen LogP contribution in [0.25, 0.3) is 0 Å². The van der Waals surface area contributed by atoms with Gasteiger partial charge in [0.1, 0.15) is 5.75 Å². The number of rotatable bonds is 5. The van der Waals surface area contributed by atoms with E-state index >= 15 is 0 Å². The number of primary amides is 1. The first-order valence-electron chi connectivity index (χ1n) is 7.02. The minimum Gasteiger partial charge on any atom is -0.491 e. The fourth-order valence-electron chi connectivity index (χ4n) is 2.30. The van der Waals surface area contributed by atoms with Crippen molar-refractivity contribution in [1.29, 1.82) is 0 Å². The highest BCUT2D eigenvalue weighted by Crippen LogP contribution is 2.34. The van der Waals surface area contributed by atoms with Crippen LogP contribution in [0, 0.1) is 0 Å². The van der Waals surface area contributed by atoms with Crippen molar-refractivity contribution >= 4 is 17.5 Å². The van der Waals surface area contributed by atoms with Crippen LogP contribution in [-0.2, 0) is 9.59 Å². The second-order valence-electron chi connectivity index (χ2n) is 5.12. The van der Waals surface area contributed by atoms with Gasteiger partial charge in [0, 0.05) is 13.0 Å². The molecule has 1 aromatic rings. The van der Waals surface area contributed by atoms with Crippen LogP contribution >= 0.6 is 0 Å². The Kier molecular flexibility index (Phi) is 4.80. The van der Waals surface area contributed by atoms with Crippen LogP contribution in [0.5, 0.6) is 5.75 Å². The molecule has 1 aromatic carbocycles. The van der Waals surface area contributed by atoms with Crippen molar-refractivity contribution in [3.05, 3.63) is 23.8 Å². The standard InChI is InChI=1S/C15H20N2O4/c1-10(18)11-4-5-13-12(9-11)17(7-2-3-14(16)19)15(20)6-8-21-13/h4-5,9-10,18H,2-3,6-8H2,1H3,(H2,16,19). The highest BCUT2D eigenvalue weighted by atomic mass is 16.5. The van der Waals surface area contributed by atoms with Crippen LogP contribution in [0.1, 0.15) is 37.9 Å². The number of amides is 2. The number of carbonyl (C=O) groups is 2. The molecule has 1 aliphatic rings. The number of fused-ring (bicyclic) bond motifs is 1. The maximum atomic E-state index is 12.2. The van der Waals surface area contributed by atoms with Gasteiger partial charge in [-0.15, -0.1) is 0 Å². The fourth-order valence-corrected chi connectivity index (χ4v) is 2.30. The van der Waals surface area contributed by atoms with Crippen LogP contribution in [0.2, 0.25) is 0 Å². The van der Waals surface area contributed by atoms with E-state index in [1.165, 1.54) is 0 Å². The fraction of sp³-hybridized carbons (Fsp3) is 0.467. The minimum absolute atomic E-state index is 0.0547. The quantitative estimate of drug-likeness (QED) is 0.850. The lowest BCUT2D eigenvalue weighted by molar-refractivity contribution is -0.120. The van der Waals surface area contributed by atoms with Gasteiger partial charge in [-0.05, 0) is 31.0 Å². The SMILES string of the molecule is CC(O)c1ccc2c(c1)N(CCCC(N)=O)C(=O)CCO2. The van der Waals surface area contributed by atoms with Crippen molar-refractivity contribution in [3.63, 3.8) is 0 Å². The van der Waals surface area contributed by atoms with E-state index in [0.29, 0.717) is 36.6 Å². The van der Waals surface area contributed by atoms with Gasteiger partial charge < -0.3 is 20.5 Å². The molecule has 2 amide bonds. The molecule has 1 aliphatic heterocycles.